The molecule has 1 saturated heterocycles. The van der Waals surface area contributed by atoms with Gasteiger partial charge in [-0.15, -0.1) is 0 Å². The van der Waals surface area contributed by atoms with Crippen molar-refractivity contribution < 1.29 is 19.3 Å². The summed E-state index contributed by atoms with van der Waals surface area (Å²) in [6.07, 6.45) is 1.43. The van der Waals surface area contributed by atoms with E-state index in [0.29, 0.717) is 27.9 Å². The molecule has 3 aromatic carbocycles. The Bertz CT molecular complexity index is 1400. The molecule has 1 aliphatic rings. The van der Waals surface area contributed by atoms with Gasteiger partial charge in [0.2, 0.25) is 5.91 Å². The molecule has 0 unspecified atom stereocenters. The lowest BCUT2D eigenvalue weighted by molar-refractivity contribution is -0.387. The van der Waals surface area contributed by atoms with E-state index < -0.39 is 28.5 Å². The number of hydrogen-bond donors (Lipinski definition) is 1. The van der Waals surface area contributed by atoms with Crippen LogP contribution < -0.4 is 5.32 Å². The molecule has 8 nitrogen and oxygen atoms in total. The molecule has 1 N–H and O–H groups in total. The van der Waals surface area contributed by atoms with Gasteiger partial charge < -0.3 is 5.32 Å². The number of hydrogen-bond acceptors (Lipinski definition) is 7. The molecule has 182 valence electrons. The summed E-state index contributed by atoms with van der Waals surface area (Å²) in [7, 11) is 0. The van der Waals surface area contributed by atoms with E-state index in [1.807, 2.05) is 44.2 Å². The predicted molar refractivity (Wildman–Crippen MR) is 141 cm³/mol. The summed E-state index contributed by atoms with van der Waals surface area (Å²) in [6.45, 7) is 3.42. The lowest BCUT2D eigenvalue weighted by Crippen LogP contribution is -2.36. The zero-order valence-corrected chi connectivity index (χ0v) is 21.0. The smallest absolute Gasteiger partial charge is 0.294 e. The van der Waals surface area contributed by atoms with Gasteiger partial charge in [-0.05, 0) is 73.1 Å². The number of nitro groups is 1. The quantitative estimate of drug-likeness (QED) is 0.230. The van der Waals surface area contributed by atoms with Gasteiger partial charge >= 0.3 is 0 Å². The number of rotatable bonds is 7. The monoisotopic (exact) mass is 519 g/mol. The average molecular weight is 520 g/mol. The Labute approximate surface area is 215 Å². The highest BCUT2D eigenvalue weighted by atomic mass is 32.2. The van der Waals surface area contributed by atoms with Gasteiger partial charge in [-0.3, -0.25) is 29.4 Å². The first-order valence-electron chi connectivity index (χ1n) is 10.8. The maximum Gasteiger partial charge on any atom is 0.294 e. The topological polar surface area (TPSA) is 110 Å². The van der Waals surface area contributed by atoms with Crippen LogP contribution in [0.5, 0.6) is 0 Å². The Morgan fingerprint density at radius 2 is 1.81 bits per heavy atom. The van der Waals surface area contributed by atoms with Crippen LogP contribution in [0, 0.1) is 24.0 Å². The summed E-state index contributed by atoms with van der Waals surface area (Å²) >= 11 is 1.96. The molecule has 1 heterocycles. The number of nitrogens with zero attached hydrogens (tertiary/aromatic N) is 2. The molecular weight excluding hydrogens is 498 g/mol. The Kier molecular flexibility index (Phi) is 7.56. The third kappa shape index (κ3) is 6.02. The molecule has 0 aromatic heterocycles. The summed E-state index contributed by atoms with van der Waals surface area (Å²) in [5, 5.41) is 13.8. The number of carbonyl (C=O) groups excluding carboxylic acids is 3. The van der Waals surface area contributed by atoms with Gasteiger partial charge in [0.05, 0.1) is 14.7 Å². The Hall–Kier alpha value is -3.89. The van der Waals surface area contributed by atoms with E-state index in [4.69, 9.17) is 0 Å². The van der Waals surface area contributed by atoms with Gasteiger partial charge in [-0.25, -0.2) is 0 Å². The second kappa shape index (κ2) is 10.8. The van der Waals surface area contributed by atoms with Gasteiger partial charge in [-0.1, -0.05) is 47.7 Å². The van der Waals surface area contributed by atoms with Crippen LogP contribution in [0.1, 0.15) is 16.7 Å². The fraction of sp³-hybridized carbons (Fsp3) is 0.115. The number of nitrogens with one attached hydrogen (secondary N) is 1. The molecule has 0 radical (unpaired) electrons. The van der Waals surface area contributed by atoms with Crippen molar-refractivity contribution in [2.75, 3.05) is 11.9 Å². The molecule has 1 fully saturated rings. The van der Waals surface area contributed by atoms with Gasteiger partial charge in [0.25, 0.3) is 16.8 Å². The van der Waals surface area contributed by atoms with Crippen LogP contribution in [0.15, 0.2) is 81.4 Å². The van der Waals surface area contributed by atoms with Crippen molar-refractivity contribution in [3.05, 3.63) is 98.4 Å². The maximum absolute atomic E-state index is 12.8. The minimum absolute atomic E-state index is 0.0941. The van der Waals surface area contributed by atoms with Crippen molar-refractivity contribution in [3.8, 4) is 0 Å². The molecule has 1 aliphatic heterocycles. The summed E-state index contributed by atoms with van der Waals surface area (Å²) in [5.74, 6) is -1.12. The van der Waals surface area contributed by atoms with Crippen LogP contribution in [-0.4, -0.2) is 33.4 Å². The number of anilines is 1. The van der Waals surface area contributed by atoms with Crippen molar-refractivity contribution in [2.45, 2.75) is 23.6 Å². The fourth-order valence-electron chi connectivity index (χ4n) is 3.44. The molecule has 3 aromatic rings. The van der Waals surface area contributed by atoms with Gasteiger partial charge in [-0.2, -0.15) is 0 Å². The fourth-order valence-corrected chi connectivity index (χ4v) is 5.18. The maximum atomic E-state index is 12.8. The van der Waals surface area contributed by atoms with E-state index >= 15 is 0 Å². The van der Waals surface area contributed by atoms with E-state index in [-0.39, 0.29) is 10.6 Å². The third-order valence-electron chi connectivity index (χ3n) is 5.20. The van der Waals surface area contributed by atoms with E-state index in [9.17, 15) is 24.5 Å². The number of nitro benzene ring substituents is 1. The van der Waals surface area contributed by atoms with Crippen LogP contribution in [0.3, 0.4) is 0 Å². The minimum Gasteiger partial charge on any atom is -0.325 e. The second-order valence-electron chi connectivity index (χ2n) is 8.08. The first kappa shape index (κ1) is 25.2. The molecule has 4 rings (SSSR count). The Morgan fingerprint density at radius 1 is 1.06 bits per heavy atom. The molecule has 0 saturated carbocycles. The molecule has 0 spiro atoms. The second-order valence-corrected chi connectivity index (χ2v) is 10.2. The molecule has 10 heteroatoms. The molecule has 36 heavy (non-hydrogen) atoms. The molecule has 3 amide bonds. The van der Waals surface area contributed by atoms with Crippen molar-refractivity contribution in [1.82, 2.24) is 4.90 Å². The Morgan fingerprint density at radius 3 is 2.50 bits per heavy atom. The van der Waals surface area contributed by atoms with E-state index in [1.54, 1.807) is 30.3 Å². The zero-order valence-electron chi connectivity index (χ0n) is 19.4. The van der Waals surface area contributed by atoms with E-state index in [2.05, 4.69) is 5.32 Å². The van der Waals surface area contributed by atoms with Gasteiger partial charge in [0.1, 0.15) is 6.54 Å². The number of benzene rings is 3. The first-order valence-corrected chi connectivity index (χ1v) is 12.5. The molecular formula is C26H21N3O5S2. The Balaban J connectivity index is 1.49. The highest BCUT2D eigenvalue weighted by molar-refractivity contribution is 8.18. The largest absolute Gasteiger partial charge is 0.325 e. The minimum atomic E-state index is -0.620. The molecule has 0 bridgehead atoms. The lowest BCUT2D eigenvalue weighted by atomic mass is 10.2. The standard InChI is InChI=1S/C26H21N3O5S2/c1-16-6-9-20(10-7-16)35-22-11-8-18(13-21(22)29(33)34)14-23-25(31)28(26(32)36-23)15-24(30)27-19-5-3-4-17(2)12-19/h3-14H,15H2,1-2H3,(H,27,30)/b23-14-. The van der Waals surface area contributed by atoms with Crippen molar-refractivity contribution in [3.63, 3.8) is 0 Å². The van der Waals surface area contributed by atoms with E-state index in [0.717, 1.165) is 20.9 Å². The molecule has 0 atom stereocenters. The average Bonchev–Trinajstić information content (AvgIpc) is 3.08. The highest BCUT2D eigenvalue weighted by Gasteiger charge is 2.36. The number of aryl methyl sites for hydroxylation is 2. The highest BCUT2D eigenvalue weighted by Crippen LogP contribution is 2.37. The summed E-state index contributed by atoms with van der Waals surface area (Å²) in [4.78, 5) is 51.1. The third-order valence-corrected chi connectivity index (χ3v) is 7.18. The summed E-state index contributed by atoms with van der Waals surface area (Å²) in [6, 6.07) is 19.5. The number of imide groups is 1. The van der Waals surface area contributed by atoms with E-state index in [1.165, 1.54) is 23.9 Å². The summed E-state index contributed by atoms with van der Waals surface area (Å²) in [5.41, 5.74) is 2.92. The van der Waals surface area contributed by atoms with Crippen molar-refractivity contribution in [1.29, 1.82) is 0 Å². The number of carbonyl (C=O) groups is 3. The van der Waals surface area contributed by atoms with Crippen LogP contribution in [0.2, 0.25) is 0 Å². The van der Waals surface area contributed by atoms with Crippen LogP contribution in [0.4, 0.5) is 16.2 Å². The van der Waals surface area contributed by atoms with Crippen LogP contribution in [-0.2, 0) is 9.59 Å². The first-order chi connectivity index (χ1) is 17.2. The zero-order chi connectivity index (χ0) is 25.8. The van der Waals surface area contributed by atoms with Crippen LogP contribution >= 0.6 is 23.5 Å². The SMILES string of the molecule is Cc1ccc(Sc2ccc(/C=C3\SC(=O)N(CC(=O)Nc4cccc(C)c4)C3=O)cc2[N+](=O)[O-])cc1. The van der Waals surface area contributed by atoms with Crippen molar-refractivity contribution in [2.24, 2.45) is 0 Å². The number of thioether (sulfide) groups is 1. The van der Waals surface area contributed by atoms with Crippen molar-refractivity contribution >= 4 is 58.0 Å². The predicted octanol–water partition coefficient (Wildman–Crippen LogP) is 6.04. The van der Waals surface area contributed by atoms with Crippen LogP contribution in [0.25, 0.3) is 6.08 Å². The molecule has 0 aliphatic carbocycles. The lowest BCUT2D eigenvalue weighted by Gasteiger charge is -2.12. The van der Waals surface area contributed by atoms with Gasteiger partial charge in [0, 0.05) is 16.6 Å². The number of amides is 3. The van der Waals surface area contributed by atoms with Gasteiger partial charge in [0.15, 0.2) is 0 Å². The summed E-state index contributed by atoms with van der Waals surface area (Å²) < 4.78 is 0. The normalized spacial score (nSPS) is 14.4.